The normalized spacial score (nSPS) is 15.8. The number of hydrogen-bond acceptors (Lipinski definition) is 4. The van der Waals surface area contributed by atoms with Crippen LogP contribution in [0.1, 0.15) is 46.7 Å². The first-order valence-electron chi connectivity index (χ1n) is 9.72. The van der Waals surface area contributed by atoms with Gasteiger partial charge in [-0.1, -0.05) is 20.8 Å². The lowest BCUT2D eigenvalue weighted by molar-refractivity contribution is -0.145. The van der Waals surface area contributed by atoms with Crippen molar-refractivity contribution in [2.75, 3.05) is 13.7 Å². The van der Waals surface area contributed by atoms with Gasteiger partial charge < -0.3 is 19.4 Å². The van der Waals surface area contributed by atoms with Crippen molar-refractivity contribution in [1.82, 2.24) is 9.97 Å². The smallest absolute Gasteiger partial charge is 0.310 e. The Morgan fingerprint density at radius 3 is 2.62 bits per heavy atom. The van der Waals surface area contributed by atoms with E-state index in [0.717, 1.165) is 45.4 Å². The molecule has 0 saturated carbocycles. The van der Waals surface area contributed by atoms with Gasteiger partial charge in [0.15, 0.2) is 0 Å². The molecule has 1 aliphatic heterocycles. The molecular formula is C23H29N3O3. The van der Waals surface area contributed by atoms with Crippen LogP contribution < -0.4 is 4.74 Å². The van der Waals surface area contributed by atoms with E-state index in [-0.39, 0.29) is 17.8 Å². The van der Waals surface area contributed by atoms with Crippen molar-refractivity contribution in [3.05, 3.63) is 46.9 Å². The lowest BCUT2D eigenvalue weighted by atomic mass is 9.98. The summed E-state index contributed by atoms with van der Waals surface area (Å²) in [5, 5.41) is 0. The summed E-state index contributed by atoms with van der Waals surface area (Å²) < 4.78 is 10.9. The quantitative estimate of drug-likeness (QED) is 0.666. The number of hydrogen-bond donors (Lipinski definition) is 2. The molecule has 6 nitrogen and oxygen atoms in total. The topological polar surface area (TPSA) is 79.5 Å². The first-order valence-corrected chi connectivity index (χ1v) is 9.72. The van der Waals surface area contributed by atoms with Crippen molar-refractivity contribution >= 4 is 17.8 Å². The van der Waals surface area contributed by atoms with Crippen LogP contribution in [-0.2, 0) is 9.53 Å². The molecule has 2 aromatic rings. The van der Waals surface area contributed by atoms with Gasteiger partial charge >= 0.3 is 5.97 Å². The zero-order valence-electron chi connectivity index (χ0n) is 18.0. The summed E-state index contributed by atoms with van der Waals surface area (Å²) >= 11 is 0. The second-order valence-corrected chi connectivity index (χ2v) is 8.48. The van der Waals surface area contributed by atoms with Gasteiger partial charge in [0.1, 0.15) is 5.75 Å². The fourth-order valence-electron chi connectivity index (χ4n) is 3.16. The third-order valence-electron chi connectivity index (χ3n) is 4.75. The molecule has 2 N–H and O–H groups in total. The molecule has 0 unspecified atom stereocenters. The number of rotatable bonds is 6. The van der Waals surface area contributed by atoms with Gasteiger partial charge in [-0.05, 0) is 48.6 Å². The molecule has 6 heteroatoms. The molecule has 3 heterocycles. The molecule has 3 rings (SSSR count). The highest BCUT2D eigenvalue weighted by Gasteiger charge is 2.23. The van der Waals surface area contributed by atoms with E-state index in [4.69, 9.17) is 9.47 Å². The van der Waals surface area contributed by atoms with Crippen LogP contribution >= 0.6 is 0 Å². The predicted molar refractivity (Wildman–Crippen MR) is 116 cm³/mol. The Morgan fingerprint density at radius 2 is 2.00 bits per heavy atom. The summed E-state index contributed by atoms with van der Waals surface area (Å²) in [4.78, 5) is 23.5. The zero-order valence-corrected chi connectivity index (χ0v) is 18.0. The number of esters is 1. The van der Waals surface area contributed by atoms with Crippen LogP contribution in [0.5, 0.6) is 5.75 Å². The summed E-state index contributed by atoms with van der Waals surface area (Å²) in [6, 6.07) is 5.89. The van der Waals surface area contributed by atoms with Crippen LogP contribution in [0.3, 0.4) is 0 Å². The standard InChI is InChI=1S/C23H29N3O3/c1-14-16(10-22(27)29-13-23(3,4)5)15(2)25-18(14)11-20-21(28-6)12-19(26-20)17-8-7-9-24-17/h7-9,11-12,24,26H,10,13H2,1-6H3/b18-11-. The molecule has 0 saturated heterocycles. The van der Waals surface area contributed by atoms with Gasteiger partial charge in [-0.3, -0.25) is 9.79 Å². The van der Waals surface area contributed by atoms with Gasteiger partial charge in [-0.25, -0.2) is 0 Å². The van der Waals surface area contributed by atoms with Crippen molar-refractivity contribution in [2.24, 2.45) is 10.4 Å². The van der Waals surface area contributed by atoms with Crippen LogP contribution in [-0.4, -0.2) is 35.4 Å². The van der Waals surface area contributed by atoms with E-state index >= 15 is 0 Å². The van der Waals surface area contributed by atoms with Crippen molar-refractivity contribution in [2.45, 2.75) is 41.0 Å². The minimum atomic E-state index is -0.225. The van der Waals surface area contributed by atoms with Crippen LogP contribution in [0.25, 0.3) is 17.5 Å². The maximum Gasteiger partial charge on any atom is 0.310 e. The first kappa shape index (κ1) is 20.7. The maximum atomic E-state index is 12.3. The van der Waals surface area contributed by atoms with E-state index in [2.05, 4.69) is 15.0 Å². The lowest BCUT2D eigenvalue weighted by Crippen LogP contribution is -2.19. The van der Waals surface area contributed by atoms with Crippen LogP contribution in [0.2, 0.25) is 0 Å². The summed E-state index contributed by atoms with van der Waals surface area (Å²) in [6.45, 7) is 10.4. The zero-order chi connectivity index (χ0) is 21.2. The Balaban J connectivity index is 1.83. The largest absolute Gasteiger partial charge is 0.494 e. The minimum Gasteiger partial charge on any atom is -0.494 e. The molecule has 0 fully saturated rings. The number of aliphatic imine (C=N–C) groups is 1. The fourth-order valence-corrected chi connectivity index (χ4v) is 3.16. The fraction of sp³-hybridized carbons (Fsp3) is 0.391. The van der Waals surface area contributed by atoms with Gasteiger partial charge in [0.2, 0.25) is 0 Å². The second-order valence-electron chi connectivity index (χ2n) is 8.48. The van der Waals surface area contributed by atoms with Crippen LogP contribution in [0.4, 0.5) is 0 Å². The third kappa shape index (κ3) is 4.88. The number of nitrogens with one attached hydrogen (secondary N) is 2. The molecule has 0 aliphatic carbocycles. The van der Waals surface area contributed by atoms with E-state index in [1.807, 2.05) is 65.1 Å². The number of allylic oxidation sites excluding steroid dienone is 1. The van der Waals surface area contributed by atoms with Gasteiger partial charge in [-0.15, -0.1) is 0 Å². The molecule has 154 valence electrons. The number of methoxy groups -OCH3 is 1. The highest BCUT2D eigenvalue weighted by atomic mass is 16.5. The van der Waals surface area contributed by atoms with Crippen molar-refractivity contribution in [1.29, 1.82) is 0 Å². The Labute approximate surface area is 171 Å². The van der Waals surface area contributed by atoms with Crippen LogP contribution in [0, 0.1) is 5.41 Å². The molecule has 29 heavy (non-hydrogen) atoms. The maximum absolute atomic E-state index is 12.3. The highest BCUT2D eigenvalue weighted by Crippen LogP contribution is 2.33. The lowest BCUT2D eigenvalue weighted by Gasteiger charge is -2.18. The van der Waals surface area contributed by atoms with Gasteiger partial charge in [0.05, 0.1) is 42.9 Å². The number of nitrogens with zero attached hydrogens (tertiary/aromatic N) is 1. The molecule has 0 bridgehead atoms. The van der Waals surface area contributed by atoms with E-state index in [1.165, 1.54) is 0 Å². The Hall–Kier alpha value is -3.02. The van der Waals surface area contributed by atoms with E-state index < -0.39 is 0 Å². The number of H-pyrrole nitrogens is 2. The minimum absolute atomic E-state index is 0.0516. The van der Waals surface area contributed by atoms with Crippen molar-refractivity contribution in [3.8, 4) is 17.1 Å². The molecule has 0 amide bonds. The second kappa shape index (κ2) is 8.15. The monoisotopic (exact) mass is 395 g/mol. The predicted octanol–water partition coefficient (Wildman–Crippen LogP) is 5.13. The van der Waals surface area contributed by atoms with E-state index in [9.17, 15) is 4.79 Å². The SMILES string of the molecule is COc1cc(-c2ccc[nH]2)[nH]c1/C=C1\N=C(C)C(CC(=O)OCC(C)(C)C)=C1C. The van der Waals surface area contributed by atoms with Crippen molar-refractivity contribution in [3.63, 3.8) is 0 Å². The van der Waals surface area contributed by atoms with E-state index in [1.54, 1.807) is 7.11 Å². The number of carbonyl (C=O) groups is 1. The van der Waals surface area contributed by atoms with Crippen LogP contribution in [0.15, 0.2) is 46.2 Å². The average molecular weight is 396 g/mol. The Morgan fingerprint density at radius 1 is 1.24 bits per heavy atom. The molecule has 0 radical (unpaired) electrons. The number of ether oxygens (including phenoxy) is 2. The molecule has 1 aliphatic rings. The molecule has 0 spiro atoms. The van der Waals surface area contributed by atoms with Gasteiger partial charge in [0, 0.05) is 18.0 Å². The summed E-state index contributed by atoms with van der Waals surface area (Å²) in [6.07, 6.45) is 4.06. The summed E-state index contributed by atoms with van der Waals surface area (Å²) in [5.41, 5.74) is 6.26. The Bertz CT molecular complexity index is 983. The Kier molecular flexibility index (Phi) is 5.82. The summed E-state index contributed by atoms with van der Waals surface area (Å²) in [7, 11) is 1.65. The first-order chi connectivity index (χ1) is 13.7. The van der Waals surface area contributed by atoms with E-state index in [0.29, 0.717) is 6.61 Å². The number of carbonyl (C=O) groups excluding carboxylic acids is 1. The highest BCUT2D eigenvalue weighted by molar-refractivity contribution is 6.06. The van der Waals surface area contributed by atoms with Gasteiger partial charge in [-0.2, -0.15) is 0 Å². The third-order valence-corrected chi connectivity index (χ3v) is 4.75. The summed E-state index contributed by atoms with van der Waals surface area (Å²) in [5.74, 6) is 0.511. The molecule has 0 aromatic carbocycles. The van der Waals surface area contributed by atoms with Crippen molar-refractivity contribution < 1.29 is 14.3 Å². The molecule has 2 aromatic heterocycles. The number of aromatic amines is 2. The van der Waals surface area contributed by atoms with Gasteiger partial charge in [0.25, 0.3) is 0 Å². The average Bonchev–Trinajstić information content (AvgIpc) is 3.36. The number of aromatic nitrogens is 2. The molecular weight excluding hydrogens is 366 g/mol. The molecule has 0 atom stereocenters.